The number of para-hydroxylation sites is 1. The third kappa shape index (κ3) is 4.86. The molecule has 0 amide bonds. The van der Waals surface area contributed by atoms with Gasteiger partial charge in [-0.1, -0.05) is 12.1 Å². The average Bonchev–Trinajstić information content (AvgIpc) is 2.68. The Morgan fingerprint density at radius 3 is 2.38 bits per heavy atom. The Morgan fingerprint density at radius 1 is 1.08 bits per heavy atom. The molecule has 0 aliphatic carbocycles. The van der Waals surface area contributed by atoms with Gasteiger partial charge in [0.1, 0.15) is 36.6 Å². The molecule has 1 aliphatic heterocycles. The number of methoxy groups -OCH3 is 1. The highest BCUT2D eigenvalue weighted by atomic mass is 19.1. The van der Waals surface area contributed by atoms with Crippen LogP contribution in [0.5, 0.6) is 11.5 Å². The van der Waals surface area contributed by atoms with Crippen molar-refractivity contribution < 1.29 is 23.9 Å². The fourth-order valence-electron chi connectivity index (χ4n) is 3.23. The maximum Gasteiger partial charge on any atom is 0.146 e. The van der Waals surface area contributed by atoms with Gasteiger partial charge < -0.3 is 24.4 Å². The van der Waals surface area contributed by atoms with Crippen molar-refractivity contribution in [1.82, 2.24) is 0 Å². The van der Waals surface area contributed by atoms with Crippen LogP contribution in [0.4, 0.5) is 10.1 Å². The maximum absolute atomic E-state index is 13.9. The highest BCUT2D eigenvalue weighted by molar-refractivity contribution is 5.47. The molecule has 0 saturated carbocycles. The zero-order chi connectivity index (χ0) is 18.4. The van der Waals surface area contributed by atoms with E-state index in [1.807, 2.05) is 36.4 Å². The molecule has 2 N–H and O–H groups in total. The summed E-state index contributed by atoms with van der Waals surface area (Å²) in [6.45, 7) is 4.18. The fraction of sp³-hybridized carbons (Fsp3) is 0.400. The lowest BCUT2D eigenvalue weighted by Crippen LogP contribution is -3.16. The highest BCUT2D eigenvalue weighted by Crippen LogP contribution is 2.18. The van der Waals surface area contributed by atoms with Gasteiger partial charge in [-0.2, -0.15) is 0 Å². The number of ether oxygens (including phenoxy) is 2. The third-order valence-electron chi connectivity index (χ3n) is 4.69. The van der Waals surface area contributed by atoms with E-state index in [0.29, 0.717) is 18.0 Å². The van der Waals surface area contributed by atoms with Crippen molar-refractivity contribution in [2.24, 2.45) is 0 Å². The molecule has 1 saturated heterocycles. The molecule has 0 bridgehead atoms. The molecule has 1 heterocycles. The summed E-state index contributed by atoms with van der Waals surface area (Å²) in [6, 6.07) is 14.2. The molecular weight excluding hydrogens is 335 g/mol. The zero-order valence-electron chi connectivity index (χ0n) is 15.0. The smallest absolute Gasteiger partial charge is 0.146 e. The molecule has 0 spiro atoms. The first-order chi connectivity index (χ1) is 12.7. The normalized spacial score (nSPS) is 16.3. The topological polar surface area (TPSA) is 46.4 Å². The van der Waals surface area contributed by atoms with Crippen LogP contribution in [0.15, 0.2) is 48.5 Å². The van der Waals surface area contributed by atoms with Crippen LogP contribution in [-0.2, 0) is 0 Å². The van der Waals surface area contributed by atoms with E-state index in [4.69, 9.17) is 9.47 Å². The molecule has 1 atom stereocenters. The van der Waals surface area contributed by atoms with Crippen molar-refractivity contribution in [3.05, 3.63) is 54.3 Å². The Bertz CT molecular complexity index is 688. The Balaban J connectivity index is 1.41. The van der Waals surface area contributed by atoms with Crippen LogP contribution in [0.3, 0.4) is 0 Å². The van der Waals surface area contributed by atoms with Gasteiger partial charge in [-0.05, 0) is 36.4 Å². The van der Waals surface area contributed by atoms with Gasteiger partial charge in [0.2, 0.25) is 0 Å². The summed E-state index contributed by atoms with van der Waals surface area (Å²) in [5, 5.41) is 10.2. The summed E-state index contributed by atoms with van der Waals surface area (Å²) in [4.78, 5) is 3.38. The molecule has 0 radical (unpaired) electrons. The molecule has 1 aliphatic rings. The summed E-state index contributed by atoms with van der Waals surface area (Å²) in [7, 11) is 1.62. The van der Waals surface area contributed by atoms with E-state index in [1.165, 1.54) is 11.0 Å². The van der Waals surface area contributed by atoms with Crippen LogP contribution >= 0.6 is 0 Å². The summed E-state index contributed by atoms with van der Waals surface area (Å²) in [5.41, 5.74) is 0.662. The van der Waals surface area contributed by atoms with E-state index in [2.05, 4.69) is 4.90 Å². The number of aliphatic hydroxyl groups excluding tert-OH is 1. The molecule has 5 nitrogen and oxygen atoms in total. The van der Waals surface area contributed by atoms with Crippen molar-refractivity contribution in [3.8, 4) is 11.5 Å². The molecular formula is C20H26FN2O3+. The molecule has 2 aromatic carbocycles. The fourth-order valence-corrected chi connectivity index (χ4v) is 3.23. The number of anilines is 1. The minimum absolute atomic E-state index is 0.177. The van der Waals surface area contributed by atoms with Gasteiger partial charge in [0.05, 0.1) is 39.0 Å². The standard InChI is InChI=1S/C20H25FN2O3/c1-25-17-6-8-18(9-7-17)26-15-16(24)14-22-10-12-23(13-11-22)20-5-3-2-4-19(20)21/h2-9,16,24H,10-15H2,1H3/p+1/t16-/m1/s1. The number of piperazine rings is 1. The summed E-state index contributed by atoms with van der Waals surface area (Å²) < 4.78 is 24.6. The lowest BCUT2D eigenvalue weighted by Gasteiger charge is -2.34. The second-order valence-electron chi connectivity index (χ2n) is 6.53. The van der Waals surface area contributed by atoms with Crippen LogP contribution in [0.2, 0.25) is 0 Å². The molecule has 26 heavy (non-hydrogen) atoms. The molecule has 6 heteroatoms. The van der Waals surface area contributed by atoms with Crippen LogP contribution in [-0.4, -0.2) is 57.7 Å². The van der Waals surface area contributed by atoms with Gasteiger partial charge in [-0.25, -0.2) is 4.39 Å². The van der Waals surface area contributed by atoms with Crippen LogP contribution < -0.4 is 19.3 Å². The monoisotopic (exact) mass is 361 g/mol. The summed E-state index contributed by atoms with van der Waals surface area (Å²) in [6.07, 6.45) is -0.535. The molecule has 3 rings (SSSR count). The van der Waals surface area contributed by atoms with Crippen LogP contribution in [0.25, 0.3) is 0 Å². The minimum atomic E-state index is -0.535. The first-order valence-corrected chi connectivity index (χ1v) is 8.93. The van der Waals surface area contributed by atoms with Gasteiger partial charge in [-0.3, -0.25) is 0 Å². The third-order valence-corrected chi connectivity index (χ3v) is 4.69. The lowest BCUT2D eigenvalue weighted by molar-refractivity contribution is -0.903. The van der Waals surface area contributed by atoms with Crippen molar-refractivity contribution in [3.63, 3.8) is 0 Å². The van der Waals surface area contributed by atoms with Gasteiger partial charge in [-0.15, -0.1) is 0 Å². The van der Waals surface area contributed by atoms with Crippen molar-refractivity contribution in [2.45, 2.75) is 6.10 Å². The number of aliphatic hydroxyl groups is 1. The van der Waals surface area contributed by atoms with E-state index < -0.39 is 6.10 Å². The number of nitrogens with zero attached hydrogens (tertiary/aromatic N) is 1. The van der Waals surface area contributed by atoms with Crippen LogP contribution in [0, 0.1) is 5.82 Å². The highest BCUT2D eigenvalue weighted by Gasteiger charge is 2.24. The number of rotatable bonds is 7. The minimum Gasteiger partial charge on any atom is -0.497 e. The molecule has 0 unspecified atom stereocenters. The maximum atomic E-state index is 13.9. The Labute approximate surface area is 153 Å². The predicted octanol–water partition coefficient (Wildman–Crippen LogP) is 0.979. The number of nitrogens with one attached hydrogen (secondary N) is 1. The number of benzene rings is 2. The molecule has 1 fully saturated rings. The van der Waals surface area contributed by atoms with Crippen LogP contribution in [0.1, 0.15) is 0 Å². The van der Waals surface area contributed by atoms with Gasteiger partial charge in [0.15, 0.2) is 0 Å². The van der Waals surface area contributed by atoms with Crippen molar-refractivity contribution in [2.75, 3.05) is 51.3 Å². The number of quaternary nitrogens is 1. The van der Waals surface area contributed by atoms with Gasteiger partial charge in [0.25, 0.3) is 0 Å². The first kappa shape index (κ1) is 18.5. The van der Waals surface area contributed by atoms with Crippen molar-refractivity contribution >= 4 is 5.69 Å². The zero-order valence-corrected chi connectivity index (χ0v) is 15.0. The summed E-state index contributed by atoms with van der Waals surface area (Å²) in [5.74, 6) is 1.31. The van der Waals surface area contributed by atoms with E-state index in [0.717, 1.165) is 31.9 Å². The molecule has 2 aromatic rings. The SMILES string of the molecule is COc1ccc(OC[C@H](O)C[NH+]2CCN(c3ccccc3F)CC2)cc1. The Morgan fingerprint density at radius 2 is 1.73 bits per heavy atom. The van der Waals surface area contributed by atoms with E-state index in [-0.39, 0.29) is 12.4 Å². The second-order valence-corrected chi connectivity index (χ2v) is 6.53. The molecule has 140 valence electrons. The summed E-state index contributed by atoms with van der Waals surface area (Å²) >= 11 is 0. The largest absolute Gasteiger partial charge is 0.497 e. The Hall–Kier alpha value is -2.31. The van der Waals surface area contributed by atoms with Gasteiger partial charge in [0, 0.05) is 0 Å². The van der Waals surface area contributed by atoms with E-state index in [9.17, 15) is 9.50 Å². The number of hydrogen-bond donors (Lipinski definition) is 2. The quantitative estimate of drug-likeness (QED) is 0.772. The van der Waals surface area contributed by atoms with E-state index in [1.54, 1.807) is 13.2 Å². The van der Waals surface area contributed by atoms with E-state index >= 15 is 0 Å². The number of halogens is 1. The average molecular weight is 361 g/mol. The van der Waals surface area contributed by atoms with Gasteiger partial charge >= 0.3 is 0 Å². The Kier molecular flexibility index (Phi) is 6.30. The number of hydrogen-bond acceptors (Lipinski definition) is 4. The lowest BCUT2D eigenvalue weighted by atomic mass is 10.2. The first-order valence-electron chi connectivity index (χ1n) is 8.93. The second kappa shape index (κ2) is 8.87. The molecule has 0 aromatic heterocycles. The van der Waals surface area contributed by atoms with Crippen molar-refractivity contribution in [1.29, 1.82) is 0 Å². The predicted molar refractivity (Wildman–Crippen MR) is 98.7 cm³/mol.